The van der Waals surface area contributed by atoms with Crippen LogP contribution in [0.15, 0.2) is 0 Å². The quantitative estimate of drug-likeness (QED) is 0.276. The molecule has 3 aromatic rings. The minimum atomic E-state index is 0. The molecule has 0 amide bonds. The normalized spacial score (nSPS) is 10.6. The Labute approximate surface area is 208 Å². The van der Waals surface area contributed by atoms with E-state index in [-0.39, 0.29) is 47.8 Å². The zero-order valence-corrected chi connectivity index (χ0v) is 22.4. The SMILES string of the molecule is CCc1n[nH]c(CC)c1B(c1c(CC)n[nH]c1CC)c1c(CC)n[nH]c1CC.I.[Fe]. The molecule has 0 aliphatic heterocycles. The molecule has 0 fully saturated rings. The summed E-state index contributed by atoms with van der Waals surface area (Å²) in [6, 6.07) is 0. The molecule has 6 nitrogen and oxygen atoms in total. The Balaban J connectivity index is 0.00000225. The van der Waals surface area contributed by atoms with Gasteiger partial charge in [-0.05, 0) is 54.9 Å². The zero-order valence-electron chi connectivity index (χ0n) is 18.9. The number of aromatic nitrogens is 6. The van der Waals surface area contributed by atoms with E-state index in [1.807, 2.05) is 0 Å². The van der Waals surface area contributed by atoms with Gasteiger partial charge in [-0.2, -0.15) is 15.3 Å². The third-order valence-electron chi connectivity index (χ3n) is 5.82. The first kappa shape index (κ1) is 27.0. The first-order valence-corrected chi connectivity index (χ1v) is 10.8. The van der Waals surface area contributed by atoms with Crippen molar-refractivity contribution >= 4 is 47.1 Å². The van der Waals surface area contributed by atoms with E-state index in [1.54, 1.807) is 0 Å². The van der Waals surface area contributed by atoms with Crippen LogP contribution >= 0.6 is 24.0 Å². The number of hydrogen-bond donors (Lipinski definition) is 3. The van der Waals surface area contributed by atoms with Crippen LogP contribution < -0.4 is 16.4 Å². The molecule has 9 heteroatoms. The largest absolute Gasteiger partial charge is 0.283 e. The molecule has 0 unspecified atom stereocenters. The van der Waals surface area contributed by atoms with Gasteiger partial charge in [-0.15, -0.1) is 24.0 Å². The van der Waals surface area contributed by atoms with Crippen LogP contribution in [0.3, 0.4) is 0 Å². The monoisotopic (exact) mass is 564 g/mol. The van der Waals surface area contributed by atoms with Gasteiger partial charge in [0.05, 0.1) is 17.1 Å². The van der Waals surface area contributed by atoms with Gasteiger partial charge in [0.1, 0.15) is 0 Å². The maximum Gasteiger partial charge on any atom is 0.255 e. The molecular weight excluding hydrogens is 530 g/mol. The van der Waals surface area contributed by atoms with Gasteiger partial charge in [-0.25, -0.2) is 0 Å². The summed E-state index contributed by atoms with van der Waals surface area (Å²) in [5, 5.41) is 24.0. The summed E-state index contributed by atoms with van der Waals surface area (Å²) in [6.07, 6.45) is 5.51. The summed E-state index contributed by atoms with van der Waals surface area (Å²) in [5.74, 6) is 0. The fourth-order valence-corrected chi connectivity index (χ4v) is 4.36. The first-order chi connectivity index (χ1) is 13.6. The second kappa shape index (κ2) is 12.1. The van der Waals surface area contributed by atoms with Gasteiger partial charge >= 0.3 is 0 Å². The number of H-pyrrole nitrogens is 3. The molecule has 0 atom stereocenters. The van der Waals surface area contributed by atoms with E-state index in [2.05, 4.69) is 72.1 Å². The van der Waals surface area contributed by atoms with Gasteiger partial charge in [0.15, 0.2) is 0 Å². The van der Waals surface area contributed by atoms with Crippen LogP contribution in [0.25, 0.3) is 0 Å². The molecule has 166 valence electrons. The molecule has 0 aliphatic rings. The fourth-order valence-electron chi connectivity index (χ4n) is 4.36. The maximum absolute atomic E-state index is 4.68. The van der Waals surface area contributed by atoms with Crippen LogP contribution in [0.5, 0.6) is 0 Å². The average molecular weight is 564 g/mol. The van der Waals surface area contributed by atoms with Gasteiger partial charge < -0.3 is 0 Å². The zero-order chi connectivity index (χ0) is 20.3. The van der Waals surface area contributed by atoms with Gasteiger partial charge in [0.2, 0.25) is 0 Å². The van der Waals surface area contributed by atoms with Crippen LogP contribution in [0.1, 0.15) is 75.7 Å². The fraction of sp³-hybridized carbons (Fsp3) is 0.571. The van der Waals surface area contributed by atoms with Crippen molar-refractivity contribution in [2.45, 2.75) is 80.1 Å². The summed E-state index contributed by atoms with van der Waals surface area (Å²) in [6.45, 7) is 13.2. The number of halogens is 1. The van der Waals surface area contributed by atoms with Crippen LogP contribution in [0, 0.1) is 0 Å². The minimum absolute atomic E-state index is 0. The van der Waals surface area contributed by atoms with Crippen LogP contribution in [0.2, 0.25) is 0 Å². The summed E-state index contributed by atoms with van der Waals surface area (Å²) in [4.78, 5) is 0. The van der Waals surface area contributed by atoms with Crippen molar-refractivity contribution in [2.75, 3.05) is 0 Å². The van der Waals surface area contributed by atoms with E-state index in [1.165, 1.54) is 33.5 Å². The summed E-state index contributed by atoms with van der Waals surface area (Å²) >= 11 is 0. The Hall–Kier alpha value is -1.06. The van der Waals surface area contributed by atoms with E-state index in [9.17, 15) is 0 Å². The Morgan fingerprint density at radius 1 is 0.533 bits per heavy atom. The average Bonchev–Trinajstić information content (AvgIpc) is 3.44. The molecule has 0 aliphatic carbocycles. The van der Waals surface area contributed by atoms with Crippen LogP contribution in [-0.2, 0) is 55.6 Å². The topological polar surface area (TPSA) is 86.0 Å². The van der Waals surface area contributed by atoms with Crippen LogP contribution in [0.4, 0.5) is 0 Å². The molecule has 0 spiro atoms. The third-order valence-corrected chi connectivity index (χ3v) is 5.82. The third kappa shape index (κ3) is 4.73. The molecule has 3 aromatic heterocycles. The Morgan fingerprint density at radius 2 is 0.800 bits per heavy atom. The van der Waals surface area contributed by atoms with Crippen molar-refractivity contribution in [3.05, 3.63) is 34.2 Å². The van der Waals surface area contributed by atoms with Gasteiger partial charge in [0, 0.05) is 34.2 Å². The summed E-state index contributed by atoms with van der Waals surface area (Å²) in [7, 11) is 0. The molecule has 3 rings (SSSR count). The summed E-state index contributed by atoms with van der Waals surface area (Å²) in [5.41, 5.74) is 11.1. The van der Waals surface area contributed by atoms with Crippen LogP contribution in [-0.4, -0.2) is 37.3 Å². The predicted molar refractivity (Wildman–Crippen MR) is 132 cm³/mol. The molecule has 30 heavy (non-hydrogen) atoms. The van der Waals surface area contributed by atoms with E-state index in [0.29, 0.717) is 0 Å². The predicted octanol–water partition coefficient (Wildman–Crippen LogP) is 2.36. The number of aryl methyl sites for hydroxylation is 6. The van der Waals surface area contributed by atoms with E-state index >= 15 is 0 Å². The van der Waals surface area contributed by atoms with E-state index < -0.39 is 0 Å². The molecular formula is C21H34BFeIN6. The minimum Gasteiger partial charge on any atom is -0.283 e. The Morgan fingerprint density at radius 3 is 1.00 bits per heavy atom. The standard InChI is InChI=1S/C21H33BN6.Fe.HI/c1-7-13-19(14(8-2)24-23-13)22(20-15(9-3)25-26-16(20)10-4)21-17(11-5)27-28-18(21)12-6;;/h7-12H2,1-6H3,(H,23,24)(H,25,26)(H,27,28);;1H. The molecule has 3 N–H and O–H groups in total. The molecule has 0 aromatic carbocycles. The van der Waals surface area contributed by atoms with E-state index in [0.717, 1.165) is 55.6 Å². The molecule has 0 radical (unpaired) electrons. The number of nitrogens with one attached hydrogen (secondary N) is 3. The maximum atomic E-state index is 4.68. The molecule has 3 heterocycles. The number of aromatic amines is 3. The van der Waals surface area contributed by atoms with Crippen molar-refractivity contribution in [3.8, 4) is 0 Å². The van der Waals surface area contributed by atoms with Crippen molar-refractivity contribution in [3.63, 3.8) is 0 Å². The molecule has 0 saturated carbocycles. The number of hydrogen-bond acceptors (Lipinski definition) is 3. The number of rotatable bonds is 9. The Kier molecular flexibility index (Phi) is 10.9. The van der Waals surface area contributed by atoms with E-state index in [4.69, 9.17) is 0 Å². The molecule has 0 saturated heterocycles. The van der Waals surface area contributed by atoms with Crippen molar-refractivity contribution in [1.82, 2.24) is 30.6 Å². The van der Waals surface area contributed by atoms with Gasteiger partial charge in [0.25, 0.3) is 6.71 Å². The van der Waals surface area contributed by atoms with Gasteiger partial charge in [-0.3, -0.25) is 15.3 Å². The van der Waals surface area contributed by atoms with Crippen molar-refractivity contribution < 1.29 is 17.1 Å². The second-order valence-electron chi connectivity index (χ2n) is 7.24. The van der Waals surface area contributed by atoms with Crippen molar-refractivity contribution in [1.29, 1.82) is 0 Å². The first-order valence-electron chi connectivity index (χ1n) is 10.8. The summed E-state index contributed by atoms with van der Waals surface area (Å²) < 4.78 is 0. The second-order valence-corrected chi connectivity index (χ2v) is 7.24. The van der Waals surface area contributed by atoms with Crippen molar-refractivity contribution in [2.24, 2.45) is 0 Å². The smallest absolute Gasteiger partial charge is 0.255 e. The Bertz CT molecular complexity index is 748. The number of nitrogens with zero attached hydrogens (tertiary/aromatic N) is 3. The molecule has 0 bridgehead atoms. The van der Waals surface area contributed by atoms with Gasteiger partial charge in [-0.1, -0.05) is 41.5 Å².